The van der Waals surface area contributed by atoms with Gasteiger partial charge >= 0.3 is 53.6 Å². The second-order valence-electron chi connectivity index (χ2n) is 6.40. The van der Waals surface area contributed by atoms with Crippen LogP contribution in [0.15, 0.2) is 12.8 Å². The quantitative estimate of drug-likeness (QED) is 0.112. The smallest absolute Gasteiger partial charge is 0.460 e. The van der Waals surface area contributed by atoms with Crippen LogP contribution < -0.4 is 0 Å². The third-order valence-electron chi connectivity index (χ3n) is 3.99. The summed E-state index contributed by atoms with van der Waals surface area (Å²) in [4.78, 5) is 11.0. The number of halogens is 17. The van der Waals surface area contributed by atoms with Gasteiger partial charge in [0.15, 0.2) is 0 Å². The molecular weight excluding hydrogens is 551 g/mol. The van der Waals surface area contributed by atoms with Gasteiger partial charge < -0.3 is 9.47 Å². The van der Waals surface area contributed by atoms with Crippen LogP contribution in [0.3, 0.4) is 0 Å². The van der Waals surface area contributed by atoms with Crippen molar-refractivity contribution in [1.29, 1.82) is 0 Å². The Morgan fingerprint density at radius 1 is 0.571 bits per heavy atom. The van der Waals surface area contributed by atoms with E-state index in [2.05, 4.69) is 16.1 Å². The number of alkyl halides is 17. The molecule has 0 bridgehead atoms. The Bertz CT molecular complexity index is 756. The van der Waals surface area contributed by atoms with Crippen molar-refractivity contribution >= 4 is 5.97 Å². The standard InChI is InChI=1S/C15H11F17O3/c1-2-34-5-3-4-6-35-7(33)8(16,17)9(18,19)10(20,21)11(22,23)12(24,25)13(26,27)14(28,29)15(30,31)32/h2H,1,3-6H2. The van der Waals surface area contributed by atoms with Crippen molar-refractivity contribution in [1.82, 2.24) is 0 Å². The molecule has 0 aliphatic rings. The van der Waals surface area contributed by atoms with Crippen molar-refractivity contribution in [3.63, 3.8) is 0 Å². The molecule has 0 heterocycles. The molecule has 0 aromatic rings. The molecule has 0 unspecified atom stereocenters. The second kappa shape index (κ2) is 9.70. The van der Waals surface area contributed by atoms with E-state index in [1.54, 1.807) is 0 Å². The van der Waals surface area contributed by atoms with Crippen LogP contribution >= 0.6 is 0 Å². The van der Waals surface area contributed by atoms with Gasteiger partial charge in [0.25, 0.3) is 0 Å². The Morgan fingerprint density at radius 3 is 1.29 bits per heavy atom. The molecule has 208 valence electrons. The van der Waals surface area contributed by atoms with Gasteiger partial charge in [0.2, 0.25) is 0 Å². The molecule has 0 aromatic heterocycles. The molecule has 35 heavy (non-hydrogen) atoms. The van der Waals surface area contributed by atoms with Gasteiger partial charge in [-0.05, 0) is 12.8 Å². The molecule has 0 spiro atoms. The Kier molecular flexibility index (Phi) is 9.10. The summed E-state index contributed by atoms with van der Waals surface area (Å²) in [5.41, 5.74) is 0. The molecule has 0 aromatic carbocycles. The number of ether oxygens (including phenoxy) is 2. The summed E-state index contributed by atoms with van der Waals surface area (Å²) >= 11 is 0. The number of hydrogen-bond donors (Lipinski definition) is 0. The number of carbonyl (C=O) groups is 1. The molecule has 0 aliphatic heterocycles. The van der Waals surface area contributed by atoms with Crippen molar-refractivity contribution in [2.75, 3.05) is 13.2 Å². The SMILES string of the molecule is C=COCCCCOC(=O)C(F)(F)C(F)(F)C(F)(F)C(F)(F)C(F)(F)C(F)(F)C(F)(F)C(F)(F)F. The van der Waals surface area contributed by atoms with E-state index in [1.807, 2.05) is 0 Å². The van der Waals surface area contributed by atoms with Gasteiger partial charge in [-0.25, -0.2) is 4.79 Å². The van der Waals surface area contributed by atoms with Crippen molar-refractivity contribution < 1.29 is 88.9 Å². The minimum Gasteiger partial charge on any atom is -0.502 e. The molecule has 0 fully saturated rings. The molecule has 0 N–H and O–H groups in total. The lowest BCUT2D eigenvalue weighted by molar-refractivity contribution is -0.460. The summed E-state index contributed by atoms with van der Waals surface area (Å²) in [6.45, 7) is 1.48. The molecule has 20 heteroatoms. The van der Waals surface area contributed by atoms with Crippen LogP contribution in [0.1, 0.15) is 12.8 Å². The van der Waals surface area contributed by atoms with E-state index in [0.717, 1.165) is 6.26 Å². The summed E-state index contributed by atoms with van der Waals surface area (Å²) < 4.78 is 230. The minimum atomic E-state index is -8.75. The molecule has 0 rings (SSSR count). The van der Waals surface area contributed by atoms with E-state index in [0.29, 0.717) is 0 Å². The van der Waals surface area contributed by atoms with Crippen LogP contribution in [-0.4, -0.2) is 66.8 Å². The molecule has 0 atom stereocenters. The average Bonchev–Trinajstić information content (AvgIpc) is 2.68. The van der Waals surface area contributed by atoms with E-state index in [-0.39, 0.29) is 13.0 Å². The summed E-state index contributed by atoms with van der Waals surface area (Å²) in [5, 5.41) is 0. The fourth-order valence-electron chi connectivity index (χ4n) is 1.92. The summed E-state index contributed by atoms with van der Waals surface area (Å²) in [7, 11) is 0. The number of carbonyl (C=O) groups excluding carboxylic acids is 1. The highest BCUT2D eigenvalue weighted by atomic mass is 19.4. The first-order valence-electron chi connectivity index (χ1n) is 8.34. The topological polar surface area (TPSA) is 35.5 Å². The van der Waals surface area contributed by atoms with Crippen LogP contribution in [0.5, 0.6) is 0 Å². The largest absolute Gasteiger partial charge is 0.502 e. The Hall–Kier alpha value is -2.18. The zero-order valence-electron chi connectivity index (χ0n) is 16.3. The first kappa shape index (κ1) is 32.8. The molecule has 0 aliphatic carbocycles. The monoisotopic (exact) mass is 562 g/mol. The van der Waals surface area contributed by atoms with Gasteiger partial charge in [0.1, 0.15) is 0 Å². The highest BCUT2D eigenvalue weighted by Crippen LogP contribution is 2.64. The Morgan fingerprint density at radius 2 is 0.914 bits per heavy atom. The molecule has 0 amide bonds. The third-order valence-corrected chi connectivity index (χ3v) is 3.99. The minimum absolute atomic E-state index is 0.204. The van der Waals surface area contributed by atoms with Crippen LogP contribution in [0, 0.1) is 0 Å². The lowest BCUT2D eigenvalue weighted by Gasteiger charge is -2.42. The molecule has 0 radical (unpaired) electrons. The van der Waals surface area contributed by atoms with Gasteiger partial charge in [-0.2, -0.15) is 74.6 Å². The first-order valence-corrected chi connectivity index (χ1v) is 8.34. The summed E-state index contributed by atoms with van der Waals surface area (Å²) in [5.74, 6) is -62.0. The van der Waals surface area contributed by atoms with E-state index in [9.17, 15) is 79.4 Å². The summed E-state index contributed by atoms with van der Waals surface area (Å²) in [6.07, 6.45) is -7.72. The van der Waals surface area contributed by atoms with E-state index in [1.165, 1.54) is 0 Å². The van der Waals surface area contributed by atoms with Crippen molar-refractivity contribution in [2.45, 2.75) is 60.5 Å². The van der Waals surface area contributed by atoms with Crippen molar-refractivity contribution in [3.8, 4) is 0 Å². The van der Waals surface area contributed by atoms with E-state index in [4.69, 9.17) is 0 Å². The zero-order valence-corrected chi connectivity index (χ0v) is 16.3. The Balaban J connectivity index is 6.21. The third kappa shape index (κ3) is 5.05. The van der Waals surface area contributed by atoms with Crippen molar-refractivity contribution in [2.24, 2.45) is 0 Å². The molecule has 0 saturated heterocycles. The normalized spacial score (nSPS) is 15.1. The van der Waals surface area contributed by atoms with E-state index >= 15 is 0 Å². The number of unbranched alkanes of at least 4 members (excludes halogenated alkanes) is 1. The predicted molar refractivity (Wildman–Crippen MR) is 77.0 cm³/mol. The number of hydrogen-bond acceptors (Lipinski definition) is 3. The first-order chi connectivity index (χ1) is 15.2. The van der Waals surface area contributed by atoms with Gasteiger partial charge in [0, 0.05) is 0 Å². The Labute approximate surface area is 182 Å². The lowest BCUT2D eigenvalue weighted by atomic mass is 9.89. The lowest BCUT2D eigenvalue weighted by Crippen LogP contribution is -2.75. The molecule has 3 nitrogen and oxygen atoms in total. The van der Waals surface area contributed by atoms with Crippen LogP contribution in [-0.2, 0) is 14.3 Å². The fraction of sp³-hybridized carbons (Fsp3) is 0.800. The van der Waals surface area contributed by atoms with Gasteiger partial charge in [0.05, 0.1) is 19.5 Å². The average molecular weight is 562 g/mol. The van der Waals surface area contributed by atoms with Crippen LogP contribution in [0.2, 0.25) is 0 Å². The maximum Gasteiger partial charge on any atom is 0.460 e. The molecular formula is C15H11F17O3. The van der Waals surface area contributed by atoms with Crippen LogP contribution in [0.4, 0.5) is 74.6 Å². The number of rotatable bonds is 13. The maximum absolute atomic E-state index is 13.6. The highest BCUT2D eigenvalue weighted by Gasteiger charge is 2.95. The van der Waals surface area contributed by atoms with Crippen molar-refractivity contribution in [3.05, 3.63) is 12.8 Å². The van der Waals surface area contributed by atoms with E-state index < -0.39 is 66.6 Å². The van der Waals surface area contributed by atoms with Gasteiger partial charge in [-0.3, -0.25) is 0 Å². The highest BCUT2D eigenvalue weighted by molar-refractivity contribution is 5.79. The molecule has 0 saturated carbocycles. The second-order valence-corrected chi connectivity index (χ2v) is 6.40. The van der Waals surface area contributed by atoms with Crippen LogP contribution in [0.25, 0.3) is 0 Å². The predicted octanol–water partition coefficient (Wildman–Crippen LogP) is 6.48. The van der Waals surface area contributed by atoms with Gasteiger partial charge in [-0.1, -0.05) is 6.58 Å². The zero-order chi connectivity index (χ0) is 28.5. The van der Waals surface area contributed by atoms with Gasteiger partial charge in [-0.15, -0.1) is 0 Å². The fourth-order valence-corrected chi connectivity index (χ4v) is 1.92. The maximum atomic E-state index is 13.6. The number of esters is 1. The summed E-state index contributed by atoms with van der Waals surface area (Å²) in [6, 6.07) is 0.